The van der Waals surface area contributed by atoms with Crippen LogP contribution < -0.4 is 0 Å². The van der Waals surface area contributed by atoms with Gasteiger partial charge in [-0.15, -0.1) is 0 Å². The maximum atomic E-state index is 9.02. The lowest BCUT2D eigenvalue weighted by Gasteiger charge is -2.40. The molecule has 102 valence electrons. The van der Waals surface area contributed by atoms with Gasteiger partial charge in [-0.05, 0) is 57.3 Å². The van der Waals surface area contributed by atoms with E-state index in [0.29, 0.717) is 0 Å². The fourth-order valence-electron chi connectivity index (χ4n) is 2.93. The van der Waals surface area contributed by atoms with Gasteiger partial charge < -0.3 is 9.84 Å². The van der Waals surface area contributed by atoms with E-state index < -0.39 is 0 Å². The zero-order valence-corrected chi connectivity index (χ0v) is 12.0. The highest BCUT2D eigenvalue weighted by molar-refractivity contribution is 4.85. The summed E-state index contributed by atoms with van der Waals surface area (Å²) in [6.07, 6.45) is 6.97. The summed E-state index contributed by atoms with van der Waals surface area (Å²) in [7, 11) is 0. The van der Waals surface area contributed by atoms with Gasteiger partial charge in [-0.2, -0.15) is 0 Å². The van der Waals surface area contributed by atoms with E-state index in [4.69, 9.17) is 9.84 Å². The molecule has 1 rings (SSSR count). The van der Waals surface area contributed by atoms with Gasteiger partial charge in [0.2, 0.25) is 0 Å². The summed E-state index contributed by atoms with van der Waals surface area (Å²) in [5.74, 6) is 1.68. The number of hydrogen-bond acceptors (Lipinski definition) is 2. The molecule has 0 radical (unpaired) electrons. The molecule has 1 N–H and O–H groups in total. The Morgan fingerprint density at radius 2 is 1.88 bits per heavy atom. The average molecular weight is 242 g/mol. The number of rotatable bonds is 6. The third kappa shape index (κ3) is 4.59. The van der Waals surface area contributed by atoms with Crippen LogP contribution in [0.1, 0.15) is 66.2 Å². The van der Waals surface area contributed by atoms with Crippen molar-refractivity contribution in [3.8, 4) is 0 Å². The van der Waals surface area contributed by atoms with Gasteiger partial charge in [-0.3, -0.25) is 0 Å². The van der Waals surface area contributed by atoms with E-state index in [9.17, 15) is 0 Å². The molecule has 0 spiro atoms. The van der Waals surface area contributed by atoms with Crippen LogP contribution in [0.2, 0.25) is 0 Å². The lowest BCUT2D eigenvalue weighted by Crippen LogP contribution is -2.38. The third-order valence-corrected chi connectivity index (χ3v) is 4.39. The average Bonchev–Trinajstić information content (AvgIpc) is 2.28. The summed E-state index contributed by atoms with van der Waals surface area (Å²) in [5, 5.41) is 9.02. The number of hydrogen-bond donors (Lipinski definition) is 1. The minimum Gasteiger partial charge on any atom is -0.396 e. The normalized spacial score (nSPS) is 31.8. The zero-order chi connectivity index (χ0) is 12.9. The third-order valence-electron chi connectivity index (χ3n) is 4.39. The molecule has 0 bridgehead atoms. The van der Waals surface area contributed by atoms with E-state index in [1.165, 1.54) is 25.7 Å². The first-order chi connectivity index (χ1) is 8.00. The summed E-state index contributed by atoms with van der Waals surface area (Å²) in [6, 6.07) is 0. The molecule has 0 amide bonds. The second kappa shape index (κ2) is 6.75. The molecule has 0 saturated heterocycles. The van der Waals surface area contributed by atoms with Crippen LogP contribution in [0, 0.1) is 11.8 Å². The highest BCUT2D eigenvalue weighted by Gasteiger charge is 2.34. The maximum absolute atomic E-state index is 9.02. The summed E-state index contributed by atoms with van der Waals surface area (Å²) in [5.41, 5.74) is 0.0568. The fraction of sp³-hybridized carbons (Fsp3) is 1.00. The molecule has 17 heavy (non-hydrogen) atoms. The molecule has 0 aromatic rings. The Kier molecular flexibility index (Phi) is 5.94. The Morgan fingerprint density at radius 1 is 1.29 bits per heavy atom. The lowest BCUT2D eigenvalue weighted by molar-refractivity contribution is -0.116. The van der Waals surface area contributed by atoms with Crippen molar-refractivity contribution in [1.82, 2.24) is 0 Å². The molecule has 2 heteroatoms. The van der Waals surface area contributed by atoms with Gasteiger partial charge in [-0.25, -0.2) is 0 Å². The van der Waals surface area contributed by atoms with Crippen LogP contribution in [0.4, 0.5) is 0 Å². The van der Waals surface area contributed by atoms with Crippen molar-refractivity contribution < 1.29 is 9.84 Å². The first kappa shape index (κ1) is 15.0. The Bertz CT molecular complexity index is 205. The first-order valence-corrected chi connectivity index (χ1v) is 7.29. The molecule has 0 heterocycles. The molecule has 1 atom stereocenters. The van der Waals surface area contributed by atoms with Crippen LogP contribution in [-0.4, -0.2) is 23.4 Å². The zero-order valence-electron chi connectivity index (χ0n) is 12.0. The molecule has 2 nitrogen and oxygen atoms in total. The van der Waals surface area contributed by atoms with Gasteiger partial charge in [0, 0.05) is 6.61 Å². The van der Waals surface area contributed by atoms with E-state index in [1.54, 1.807) is 0 Å². The Morgan fingerprint density at radius 3 is 2.29 bits per heavy atom. The minimum atomic E-state index is 0.0568. The molecule has 0 aromatic heterocycles. The van der Waals surface area contributed by atoms with Crippen molar-refractivity contribution in [2.75, 3.05) is 6.61 Å². The largest absolute Gasteiger partial charge is 0.396 e. The second-order valence-electron chi connectivity index (χ2n) is 6.19. The van der Waals surface area contributed by atoms with Crippen molar-refractivity contribution >= 4 is 0 Å². The van der Waals surface area contributed by atoms with Gasteiger partial charge in [0.15, 0.2) is 0 Å². The molecule has 1 unspecified atom stereocenters. The van der Waals surface area contributed by atoms with Crippen LogP contribution in [0.15, 0.2) is 0 Å². The monoisotopic (exact) mass is 242 g/mol. The van der Waals surface area contributed by atoms with Crippen molar-refractivity contribution in [1.29, 1.82) is 0 Å². The molecule has 1 fully saturated rings. The minimum absolute atomic E-state index is 0.0568. The van der Waals surface area contributed by atoms with Crippen LogP contribution in [-0.2, 0) is 4.74 Å². The highest BCUT2D eigenvalue weighted by Crippen LogP contribution is 2.38. The first-order valence-electron chi connectivity index (χ1n) is 7.29. The van der Waals surface area contributed by atoms with Crippen LogP contribution in [0.3, 0.4) is 0 Å². The quantitative estimate of drug-likeness (QED) is 0.768. The number of ether oxygens (including phenoxy) is 1. The summed E-state index contributed by atoms with van der Waals surface area (Å²) < 4.78 is 6.24. The number of aliphatic hydroxyl groups excluding tert-OH is 1. The number of aliphatic hydroxyl groups is 1. The van der Waals surface area contributed by atoms with Crippen molar-refractivity contribution in [2.45, 2.75) is 77.9 Å². The van der Waals surface area contributed by atoms with Gasteiger partial charge in [-0.1, -0.05) is 20.8 Å². The standard InChI is InChI=1S/C15H30O2/c1-5-14(8-11-16)17-15(4)9-6-13(7-10-15)12(2)3/h12-14,16H,5-11H2,1-4H3. The van der Waals surface area contributed by atoms with Crippen molar-refractivity contribution in [3.63, 3.8) is 0 Å². The summed E-state index contributed by atoms with van der Waals surface area (Å²) in [6.45, 7) is 9.29. The predicted molar refractivity (Wildman–Crippen MR) is 72.1 cm³/mol. The summed E-state index contributed by atoms with van der Waals surface area (Å²) in [4.78, 5) is 0. The van der Waals surface area contributed by atoms with E-state index in [2.05, 4.69) is 27.7 Å². The molecular formula is C15H30O2. The van der Waals surface area contributed by atoms with Crippen LogP contribution in [0.25, 0.3) is 0 Å². The van der Waals surface area contributed by atoms with Crippen LogP contribution in [0.5, 0.6) is 0 Å². The fourth-order valence-corrected chi connectivity index (χ4v) is 2.93. The van der Waals surface area contributed by atoms with E-state index in [-0.39, 0.29) is 18.3 Å². The molecule has 0 aliphatic heterocycles. The molecule has 1 aliphatic carbocycles. The van der Waals surface area contributed by atoms with E-state index in [0.717, 1.165) is 24.7 Å². The highest BCUT2D eigenvalue weighted by atomic mass is 16.5. The lowest BCUT2D eigenvalue weighted by atomic mass is 9.75. The second-order valence-corrected chi connectivity index (χ2v) is 6.19. The predicted octanol–water partition coefficient (Wildman–Crippen LogP) is 3.77. The SMILES string of the molecule is CCC(CCO)OC1(C)CCC(C(C)C)CC1. The maximum Gasteiger partial charge on any atom is 0.0658 e. The van der Waals surface area contributed by atoms with Gasteiger partial charge in [0.1, 0.15) is 0 Å². The van der Waals surface area contributed by atoms with Crippen molar-refractivity contribution in [2.24, 2.45) is 11.8 Å². The Hall–Kier alpha value is -0.0800. The van der Waals surface area contributed by atoms with E-state index >= 15 is 0 Å². The molecular weight excluding hydrogens is 212 g/mol. The molecule has 0 aromatic carbocycles. The molecule has 1 aliphatic rings. The van der Waals surface area contributed by atoms with E-state index in [1.807, 2.05) is 0 Å². The smallest absolute Gasteiger partial charge is 0.0658 e. The summed E-state index contributed by atoms with van der Waals surface area (Å²) >= 11 is 0. The van der Waals surface area contributed by atoms with Crippen molar-refractivity contribution in [3.05, 3.63) is 0 Å². The van der Waals surface area contributed by atoms with Crippen LogP contribution >= 0.6 is 0 Å². The van der Waals surface area contributed by atoms with Gasteiger partial charge in [0.25, 0.3) is 0 Å². The Labute approximate surface area is 107 Å². The topological polar surface area (TPSA) is 29.5 Å². The Balaban J connectivity index is 2.43. The van der Waals surface area contributed by atoms with Gasteiger partial charge in [0.05, 0.1) is 11.7 Å². The van der Waals surface area contributed by atoms with Gasteiger partial charge >= 0.3 is 0 Å². The molecule has 1 saturated carbocycles.